The normalized spacial score (nSPS) is 13.1. The number of hydrogen-bond donors (Lipinski definition) is 1. The topological polar surface area (TPSA) is 12.0 Å². The molecule has 18 heavy (non-hydrogen) atoms. The fourth-order valence-corrected chi connectivity index (χ4v) is 2.35. The lowest BCUT2D eigenvalue weighted by atomic mass is 9.96. The van der Waals surface area contributed by atoms with E-state index in [1.54, 1.807) is 0 Å². The summed E-state index contributed by atoms with van der Waals surface area (Å²) in [4.78, 5) is 0. The first-order valence-electron chi connectivity index (χ1n) is 6.87. The molecule has 0 heterocycles. The average Bonchev–Trinajstić information content (AvgIpc) is 2.37. The summed E-state index contributed by atoms with van der Waals surface area (Å²) in [5, 5.41) is 6.26. The second kappa shape index (κ2) is 6.01. The number of fused-ring (bicyclic) bond motifs is 1. The van der Waals surface area contributed by atoms with Gasteiger partial charge in [-0.25, -0.2) is 0 Å². The molecule has 2 aromatic carbocycles. The largest absolute Gasteiger partial charge is 0.314 e. The first kappa shape index (κ1) is 13.1. The van der Waals surface area contributed by atoms with Crippen LogP contribution in [-0.2, 0) is 6.42 Å². The van der Waals surface area contributed by atoms with Crippen LogP contribution < -0.4 is 5.32 Å². The highest BCUT2D eigenvalue weighted by molar-refractivity contribution is 5.85. The van der Waals surface area contributed by atoms with Gasteiger partial charge in [0.05, 0.1) is 0 Å². The van der Waals surface area contributed by atoms with E-state index in [2.05, 4.69) is 68.6 Å². The van der Waals surface area contributed by atoms with E-state index >= 15 is 0 Å². The van der Waals surface area contributed by atoms with Crippen molar-refractivity contribution in [2.45, 2.75) is 33.2 Å². The fourth-order valence-electron chi connectivity index (χ4n) is 2.35. The van der Waals surface area contributed by atoms with E-state index in [9.17, 15) is 0 Å². The van der Waals surface area contributed by atoms with E-state index in [0.717, 1.165) is 13.0 Å². The van der Waals surface area contributed by atoms with E-state index in [1.807, 2.05) is 0 Å². The molecule has 96 valence electrons. The maximum absolute atomic E-state index is 3.51. The minimum absolute atomic E-state index is 0.569. The Kier molecular flexibility index (Phi) is 4.38. The van der Waals surface area contributed by atoms with Gasteiger partial charge in [-0.2, -0.15) is 0 Å². The molecule has 0 aliphatic heterocycles. The van der Waals surface area contributed by atoms with Crippen molar-refractivity contribution in [1.29, 1.82) is 0 Å². The standard InChI is InChI=1S/C17H23N/c1-13(2)18-12-14(3)11-16-9-6-8-15-7-4-5-10-17(15)16/h4-10,13-14,18H,11-12H2,1-3H3. The van der Waals surface area contributed by atoms with Crippen molar-refractivity contribution < 1.29 is 0 Å². The van der Waals surface area contributed by atoms with Crippen LogP contribution in [0, 0.1) is 5.92 Å². The minimum atomic E-state index is 0.569. The highest BCUT2D eigenvalue weighted by atomic mass is 14.9. The molecule has 2 rings (SSSR count). The summed E-state index contributed by atoms with van der Waals surface area (Å²) >= 11 is 0. The third-order valence-corrected chi connectivity index (χ3v) is 3.32. The summed E-state index contributed by atoms with van der Waals surface area (Å²) in [6.07, 6.45) is 1.14. The maximum Gasteiger partial charge on any atom is 0.00104 e. The van der Waals surface area contributed by atoms with Gasteiger partial charge >= 0.3 is 0 Å². The molecular weight excluding hydrogens is 218 g/mol. The molecule has 1 nitrogen and oxygen atoms in total. The van der Waals surface area contributed by atoms with Crippen LogP contribution in [-0.4, -0.2) is 12.6 Å². The summed E-state index contributed by atoms with van der Waals surface area (Å²) in [6.45, 7) is 7.80. The molecule has 0 bridgehead atoms. The number of nitrogens with one attached hydrogen (secondary N) is 1. The molecule has 0 amide bonds. The van der Waals surface area contributed by atoms with Crippen molar-refractivity contribution in [2.24, 2.45) is 5.92 Å². The van der Waals surface area contributed by atoms with Crippen LogP contribution >= 0.6 is 0 Å². The van der Waals surface area contributed by atoms with Gasteiger partial charge in [0.2, 0.25) is 0 Å². The molecule has 2 aromatic rings. The van der Waals surface area contributed by atoms with Gasteiger partial charge in [-0.3, -0.25) is 0 Å². The summed E-state index contributed by atoms with van der Waals surface area (Å²) in [5.41, 5.74) is 1.46. The minimum Gasteiger partial charge on any atom is -0.314 e. The van der Waals surface area contributed by atoms with Crippen molar-refractivity contribution in [2.75, 3.05) is 6.54 Å². The third kappa shape index (κ3) is 3.33. The van der Waals surface area contributed by atoms with Crippen molar-refractivity contribution in [3.63, 3.8) is 0 Å². The van der Waals surface area contributed by atoms with Gasteiger partial charge in [0.15, 0.2) is 0 Å². The Bertz CT molecular complexity index is 496. The second-order valence-corrected chi connectivity index (χ2v) is 5.51. The van der Waals surface area contributed by atoms with Gasteiger partial charge in [-0.05, 0) is 35.2 Å². The van der Waals surface area contributed by atoms with Gasteiger partial charge < -0.3 is 5.32 Å². The molecule has 1 unspecified atom stereocenters. The smallest absolute Gasteiger partial charge is 0.00104 e. The number of hydrogen-bond acceptors (Lipinski definition) is 1. The van der Waals surface area contributed by atoms with Crippen LogP contribution in [0.25, 0.3) is 10.8 Å². The molecule has 0 saturated heterocycles. The van der Waals surface area contributed by atoms with E-state index in [4.69, 9.17) is 0 Å². The maximum atomic E-state index is 3.51. The highest BCUT2D eigenvalue weighted by Gasteiger charge is 2.07. The molecule has 0 radical (unpaired) electrons. The molecule has 0 saturated carbocycles. The summed E-state index contributed by atoms with van der Waals surface area (Å²) in [6, 6.07) is 15.8. The molecule has 0 fully saturated rings. The van der Waals surface area contributed by atoms with Crippen molar-refractivity contribution in [3.05, 3.63) is 48.0 Å². The second-order valence-electron chi connectivity index (χ2n) is 5.51. The Morgan fingerprint density at radius 2 is 1.67 bits per heavy atom. The lowest BCUT2D eigenvalue weighted by Gasteiger charge is -2.16. The lowest BCUT2D eigenvalue weighted by molar-refractivity contribution is 0.477. The van der Waals surface area contributed by atoms with Crippen molar-refractivity contribution in [3.8, 4) is 0 Å². The van der Waals surface area contributed by atoms with Crippen LogP contribution in [0.1, 0.15) is 26.3 Å². The third-order valence-electron chi connectivity index (χ3n) is 3.32. The Hall–Kier alpha value is -1.34. The van der Waals surface area contributed by atoms with E-state index < -0.39 is 0 Å². The van der Waals surface area contributed by atoms with Gasteiger partial charge in [0.1, 0.15) is 0 Å². The highest BCUT2D eigenvalue weighted by Crippen LogP contribution is 2.21. The Balaban J connectivity index is 2.11. The van der Waals surface area contributed by atoms with Crippen LogP contribution in [0.5, 0.6) is 0 Å². The monoisotopic (exact) mass is 241 g/mol. The van der Waals surface area contributed by atoms with E-state index in [0.29, 0.717) is 12.0 Å². The Labute approximate surface area is 110 Å². The van der Waals surface area contributed by atoms with Crippen LogP contribution in [0.15, 0.2) is 42.5 Å². The zero-order valence-electron chi connectivity index (χ0n) is 11.6. The van der Waals surface area contributed by atoms with Crippen molar-refractivity contribution >= 4 is 10.8 Å². The summed E-state index contributed by atoms with van der Waals surface area (Å²) < 4.78 is 0. The molecule has 0 spiro atoms. The molecule has 1 N–H and O–H groups in total. The predicted octanol–water partition coefficient (Wildman–Crippen LogP) is 4.02. The van der Waals surface area contributed by atoms with Gasteiger partial charge in [-0.15, -0.1) is 0 Å². The Morgan fingerprint density at radius 3 is 2.44 bits per heavy atom. The molecule has 0 aromatic heterocycles. The quantitative estimate of drug-likeness (QED) is 0.833. The fraction of sp³-hybridized carbons (Fsp3) is 0.412. The van der Waals surface area contributed by atoms with Crippen molar-refractivity contribution in [1.82, 2.24) is 5.32 Å². The van der Waals surface area contributed by atoms with Crippen LogP contribution in [0.4, 0.5) is 0 Å². The number of benzene rings is 2. The number of rotatable bonds is 5. The van der Waals surface area contributed by atoms with E-state index in [1.165, 1.54) is 16.3 Å². The SMILES string of the molecule is CC(CNC(C)C)Cc1cccc2ccccc12. The zero-order valence-corrected chi connectivity index (χ0v) is 11.6. The summed E-state index contributed by atoms with van der Waals surface area (Å²) in [5.74, 6) is 0.665. The van der Waals surface area contributed by atoms with Gasteiger partial charge in [0, 0.05) is 6.04 Å². The Morgan fingerprint density at radius 1 is 0.944 bits per heavy atom. The van der Waals surface area contributed by atoms with Crippen LogP contribution in [0.3, 0.4) is 0 Å². The van der Waals surface area contributed by atoms with Crippen LogP contribution in [0.2, 0.25) is 0 Å². The molecular formula is C17H23N. The average molecular weight is 241 g/mol. The van der Waals surface area contributed by atoms with Gasteiger partial charge in [0.25, 0.3) is 0 Å². The van der Waals surface area contributed by atoms with Gasteiger partial charge in [-0.1, -0.05) is 63.2 Å². The zero-order chi connectivity index (χ0) is 13.0. The first-order valence-corrected chi connectivity index (χ1v) is 6.87. The lowest BCUT2D eigenvalue weighted by Crippen LogP contribution is -2.28. The molecule has 0 aliphatic rings. The predicted molar refractivity (Wildman–Crippen MR) is 80.0 cm³/mol. The molecule has 1 heteroatoms. The molecule has 0 aliphatic carbocycles. The molecule has 1 atom stereocenters. The van der Waals surface area contributed by atoms with E-state index in [-0.39, 0.29) is 0 Å². The summed E-state index contributed by atoms with van der Waals surface area (Å²) in [7, 11) is 0. The first-order chi connectivity index (χ1) is 8.66.